The summed E-state index contributed by atoms with van der Waals surface area (Å²) < 4.78 is 13.6. The van der Waals surface area contributed by atoms with Gasteiger partial charge in [-0.25, -0.2) is 4.39 Å². The highest BCUT2D eigenvalue weighted by molar-refractivity contribution is 7.98. The summed E-state index contributed by atoms with van der Waals surface area (Å²) in [5.74, 6) is 0.486. The number of pyridine rings is 1. The number of nitrogens with zero attached hydrogens (tertiary/aromatic N) is 1. The molecule has 1 aliphatic carbocycles. The highest BCUT2D eigenvalue weighted by atomic mass is 32.2. The number of thioether (sulfide) groups is 1. The number of benzene rings is 1. The van der Waals surface area contributed by atoms with Gasteiger partial charge in [-0.05, 0) is 47.8 Å². The molecular weight excluding hydrogens is 289 g/mol. The van der Waals surface area contributed by atoms with Gasteiger partial charge < -0.3 is 5.11 Å². The lowest BCUT2D eigenvalue weighted by Crippen LogP contribution is -2.11. The number of aliphatic carboxylic acids is 1. The van der Waals surface area contributed by atoms with Crippen LogP contribution in [0.15, 0.2) is 30.5 Å². The highest BCUT2D eigenvalue weighted by Crippen LogP contribution is 2.51. The molecule has 0 spiro atoms. The number of carboxylic acids is 1. The molecule has 0 amide bonds. The van der Waals surface area contributed by atoms with Crippen molar-refractivity contribution in [2.75, 3.05) is 5.75 Å². The molecule has 0 unspecified atom stereocenters. The molecule has 5 heteroatoms. The Balaban J connectivity index is 1.70. The van der Waals surface area contributed by atoms with Crippen LogP contribution < -0.4 is 0 Å². The second kappa shape index (κ2) is 5.64. The minimum absolute atomic E-state index is 0.0347. The summed E-state index contributed by atoms with van der Waals surface area (Å²) in [5.41, 5.74) is 1.67. The summed E-state index contributed by atoms with van der Waals surface area (Å²) in [6.45, 7) is 0. The lowest BCUT2D eigenvalue weighted by Gasteiger charge is -2.12. The average molecular weight is 305 g/mol. The number of aromatic nitrogens is 1. The van der Waals surface area contributed by atoms with Gasteiger partial charge in [-0.15, -0.1) is 0 Å². The van der Waals surface area contributed by atoms with E-state index in [0.29, 0.717) is 5.75 Å². The first-order valence-electron chi connectivity index (χ1n) is 6.91. The molecule has 1 fully saturated rings. The Labute approximate surface area is 126 Å². The topological polar surface area (TPSA) is 50.2 Å². The van der Waals surface area contributed by atoms with Crippen LogP contribution in [0.4, 0.5) is 4.39 Å². The maximum atomic E-state index is 13.6. The third-order valence-corrected chi connectivity index (χ3v) is 5.23. The SMILES string of the molecule is O=C(O)CC1(CSCc2cc(F)cc3cccnc23)CC1. The van der Waals surface area contributed by atoms with E-state index >= 15 is 0 Å². The quantitative estimate of drug-likeness (QED) is 0.880. The van der Waals surface area contributed by atoms with Crippen LogP contribution in [0, 0.1) is 11.2 Å². The molecule has 21 heavy (non-hydrogen) atoms. The van der Waals surface area contributed by atoms with E-state index in [1.54, 1.807) is 24.0 Å². The Morgan fingerprint density at radius 2 is 2.24 bits per heavy atom. The fourth-order valence-corrected chi connectivity index (χ4v) is 3.95. The molecule has 1 saturated carbocycles. The maximum Gasteiger partial charge on any atom is 0.303 e. The molecule has 2 aromatic rings. The van der Waals surface area contributed by atoms with Gasteiger partial charge in [0, 0.05) is 17.3 Å². The van der Waals surface area contributed by atoms with Crippen molar-refractivity contribution in [2.45, 2.75) is 25.0 Å². The standard InChI is InChI=1S/C16H16FNO2S/c17-13-6-11-2-1-5-18-15(11)12(7-13)9-21-10-16(3-4-16)8-14(19)20/h1-2,5-7H,3-4,8-10H2,(H,19,20). The number of halogens is 1. The molecule has 0 atom stereocenters. The first-order chi connectivity index (χ1) is 10.1. The minimum atomic E-state index is -0.731. The molecule has 1 N–H and O–H groups in total. The zero-order valence-corrected chi connectivity index (χ0v) is 12.3. The fourth-order valence-electron chi connectivity index (χ4n) is 2.58. The number of rotatable bonds is 6. The van der Waals surface area contributed by atoms with Crippen molar-refractivity contribution in [3.63, 3.8) is 0 Å². The Hall–Kier alpha value is -1.62. The van der Waals surface area contributed by atoms with E-state index in [1.165, 1.54) is 12.1 Å². The molecule has 110 valence electrons. The van der Waals surface area contributed by atoms with Gasteiger partial charge in [0.2, 0.25) is 0 Å². The van der Waals surface area contributed by atoms with Crippen molar-refractivity contribution in [3.05, 3.63) is 41.8 Å². The maximum absolute atomic E-state index is 13.6. The molecule has 3 nitrogen and oxygen atoms in total. The van der Waals surface area contributed by atoms with Crippen molar-refractivity contribution in [1.29, 1.82) is 0 Å². The van der Waals surface area contributed by atoms with Gasteiger partial charge in [-0.1, -0.05) is 6.07 Å². The molecule has 1 aromatic carbocycles. The number of fused-ring (bicyclic) bond motifs is 1. The largest absolute Gasteiger partial charge is 0.481 e. The second-order valence-electron chi connectivity index (χ2n) is 5.70. The Bertz CT molecular complexity index is 685. The fraction of sp³-hybridized carbons (Fsp3) is 0.375. The van der Waals surface area contributed by atoms with Crippen LogP contribution in [0.25, 0.3) is 10.9 Å². The van der Waals surface area contributed by atoms with E-state index < -0.39 is 5.97 Å². The predicted molar refractivity (Wildman–Crippen MR) is 81.8 cm³/mol. The summed E-state index contributed by atoms with van der Waals surface area (Å²) in [4.78, 5) is 15.2. The van der Waals surface area contributed by atoms with Crippen LogP contribution in [0.2, 0.25) is 0 Å². The van der Waals surface area contributed by atoms with Crippen LogP contribution in [-0.2, 0) is 10.5 Å². The van der Waals surface area contributed by atoms with Gasteiger partial charge in [0.15, 0.2) is 0 Å². The van der Waals surface area contributed by atoms with Gasteiger partial charge in [-0.3, -0.25) is 9.78 Å². The first-order valence-corrected chi connectivity index (χ1v) is 8.06. The molecule has 0 aliphatic heterocycles. The zero-order chi connectivity index (χ0) is 14.9. The van der Waals surface area contributed by atoms with E-state index in [-0.39, 0.29) is 17.7 Å². The average Bonchev–Trinajstić information content (AvgIpc) is 3.17. The van der Waals surface area contributed by atoms with E-state index in [0.717, 1.165) is 35.1 Å². The predicted octanol–water partition coefficient (Wildman–Crippen LogP) is 3.86. The first kappa shape index (κ1) is 14.3. The molecule has 1 aromatic heterocycles. The van der Waals surface area contributed by atoms with Crippen LogP contribution >= 0.6 is 11.8 Å². The van der Waals surface area contributed by atoms with Crippen LogP contribution in [0.5, 0.6) is 0 Å². The number of hydrogen-bond donors (Lipinski definition) is 1. The van der Waals surface area contributed by atoms with Crippen LogP contribution in [0.3, 0.4) is 0 Å². The lowest BCUT2D eigenvalue weighted by molar-refractivity contribution is -0.138. The molecule has 0 saturated heterocycles. The lowest BCUT2D eigenvalue weighted by atomic mass is 10.1. The third-order valence-electron chi connectivity index (χ3n) is 3.90. The number of carboxylic acid groups (broad SMARTS) is 1. The second-order valence-corrected chi connectivity index (χ2v) is 6.69. The highest BCUT2D eigenvalue weighted by Gasteiger charge is 2.44. The summed E-state index contributed by atoms with van der Waals surface area (Å²) >= 11 is 1.67. The Morgan fingerprint density at radius 1 is 1.43 bits per heavy atom. The molecule has 3 rings (SSSR count). The monoisotopic (exact) mass is 305 g/mol. The van der Waals surface area contributed by atoms with Crippen LogP contribution in [0.1, 0.15) is 24.8 Å². The van der Waals surface area contributed by atoms with Crippen molar-refractivity contribution in [1.82, 2.24) is 4.98 Å². The molecular formula is C16H16FNO2S. The normalized spacial score (nSPS) is 16.0. The van der Waals surface area contributed by atoms with Gasteiger partial charge in [0.1, 0.15) is 5.82 Å². The number of hydrogen-bond acceptors (Lipinski definition) is 3. The van der Waals surface area contributed by atoms with Crippen LogP contribution in [-0.4, -0.2) is 21.8 Å². The molecule has 0 radical (unpaired) electrons. The van der Waals surface area contributed by atoms with E-state index in [4.69, 9.17) is 5.11 Å². The summed E-state index contributed by atoms with van der Waals surface area (Å²) in [5, 5.41) is 9.72. The summed E-state index contributed by atoms with van der Waals surface area (Å²) in [6, 6.07) is 6.67. The van der Waals surface area contributed by atoms with Crippen molar-refractivity contribution < 1.29 is 14.3 Å². The van der Waals surface area contributed by atoms with Gasteiger partial charge in [-0.2, -0.15) is 11.8 Å². The molecule has 0 bridgehead atoms. The smallest absolute Gasteiger partial charge is 0.303 e. The van der Waals surface area contributed by atoms with Crippen molar-refractivity contribution >= 4 is 28.6 Å². The Kier molecular flexibility index (Phi) is 3.85. The molecule has 1 aliphatic rings. The third kappa shape index (κ3) is 3.35. The van der Waals surface area contributed by atoms with Crippen molar-refractivity contribution in [2.24, 2.45) is 5.41 Å². The van der Waals surface area contributed by atoms with E-state index in [1.807, 2.05) is 6.07 Å². The van der Waals surface area contributed by atoms with E-state index in [9.17, 15) is 9.18 Å². The summed E-state index contributed by atoms with van der Waals surface area (Å²) in [7, 11) is 0. The summed E-state index contributed by atoms with van der Waals surface area (Å²) in [6.07, 6.45) is 3.91. The van der Waals surface area contributed by atoms with Gasteiger partial charge in [0.25, 0.3) is 0 Å². The number of carbonyl (C=O) groups is 1. The Morgan fingerprint density at radius 3 is 2.95 bits per heavy atom. The molecule has 1 heterocycles. The van der Waals surface area contributed by atoms with Crippen molar-refractivity contribution in [3.8, 4) is 0 Å². The van der Waals surface area contributed by atoms with Gasteiger partial charge >= 0.3 is 5.97 Å². The zero-order valence-electron chi connectivity index (χ0n) is 11.5. The van der Waals surface area contributed by atoms with E-state index in [2.05, 4.69) is 4.98 Å². The minimum Gasteiger partial charge on any atom is -0.481 e. The van der Waals surface area contributed by atoms with Gasteiger partial charge in [0.05, 0.1) is 11.9 Å².